The third-order valence-corrected chi connectivity index (χ3v) is 4.46. The van der Waals surface area contributed by atoms with Gasteiger partial charge in [0.25, 0.3) is 0 Å². The molecule has 2 rings (SSSR count). The van der Waals surface area contributed by atoms with E-state index in [1.807, 2.05) is 6.08 Å². The van der Waals surface area contributed by atoms with Gasteiger partial charge in [0.15, 0.2) is 5.82 Å². The van der Waals surface area contributed by atoms with Crippen LogP contribution in [-0.4, -0.2) is 33.3 Å². The molecule has 0 unspecified atom stereocenters. The summed E-state index contributed by atoms with van der Waals surface area (Å²) in [4.78, 5) is 12.2. The van der Waals surface area contributed by atoms with Gasteiger partial charge in [0.1, 0.15) is 11.9 Å². The number of nitrogens with one attached hydrogen (secondary N) is 1. The van der Waals surface area contributed by atoms with E-state index in [-0.39, 0.29) is 30.4 Å². The number of hydrogen-bond donors (Lipinski definition) is 1. The maximum absolute atomic E-state index is 12.8. The molecule has 4 nitrogen and oxygen atoms in total. The van der Waals surface area contributed by atoms with E-state index in [2.05, 4.69) is 20.3 Å². The highest BCUT2D eigenvalue weighted by Gasteiger charge is 2.37. The van der Waals surface area contributed by atoms with Gasteiger partial charge in [-0.3, -0.25) is 0 Å². The highest BCUT2D eigenvalue weighted by Crippen LogP contribution is 2.30. The van der Waals surface area contributed by atoms with Crippen LogP contribution < -0.4 is 5.32 Å². The molecule has 27 heavy (non-hydrogen) atoms. The minimum absolute atomic E-state index is 0.0550. The third kappa shape index (κ3) is 6.35. The molecule has 0 spiro atoms. The van der Waals surface area contributed by atoms with Crippen molar-refractivity contribution < 1.29 is 26.3 Å². The minimum Gasteiger partial charge on any atom is -0.343 e. The average Bonchev–Trinajstić information content (AvgIpc) is 2.58. The van der Waals surface area contributed by atoms with Crippen molar-refractivity contribution in [3.63, 3.8) is 0 Å². The van der Waals surface area contributed by atoms with Gasteiger partial charge in [0.2, 0.25) is 5.95 Å². The van der Waals surface area contributed by atoms with Crippen LogP contribution in [0.4, 0.5) is 32.3 Å². The Morgan fingerprint density at radius 1 is 1.00 bits per heavy atom. The smallest absolute Gasteiger partial charge is 0.343 e. The molecule has 0 radical (unpaired) electrons. The Kier molecular flexibility index (Phi) is 6.69. The lowest BCUT2D eigenvalue weighted by Gasteiger charge is -2.19. The Morgan fingerprint density at radius 2 is 1.70 bits per heavy atom. The fourth-order valence-corrected chi connectivity index (χ4v) is 2.57. The van der Waals surface area contributed by atoms with Crippen molar-refractivity contribution in [1.82, 2.24) is 15.0 Å². The molecular formula is C17H22F6N4. The first kappa shape index (κ1) is 21.4. The molecule has 1 aromatic rings. The van der Waals surface area contributed by atoms with E-state index in [9.17, 15) is 26.3 Å². The van der Waals surface area contributed by atoms with E-state index in [1.165, 1.54) is 0 Å². The summed E-state index contributed by atoms with van der Waals surface area (Å²) in [6, 6.07) is -1.89. The van der Waals surface area contributed by atoms with Gasteiger partial charge in [-0.25, -0.2) is 4.98 Å². The van der Waals surface area contributed by atoms with Crippen LogP contribution in [0.15, 0.2) is 6.08 Å². The predicted octanol–water partition coefficient (Wildman–Crippen LogP) is 5.32. The molecule has 0 amide bonds. The summed E-state index contributed by atoms with van der Waals surface area (Å²) < 4.78 is 76.5. The topological polar surface area (TPSA) is 50.7 Å². The molecule has 1 aliphatic rings. The van der Waals surface area contributed by atoms with Gasteiger partial charge in [-0.05, 0) is 44.6 Å². The van der Waals surface area contributed by atoms with Gasteiger partial charge >= 0.3 is 12.4 Å². The van der Waals surface area contributed by atoms with Gasteiger partial charge in [-0.1, -0.05) is 13.0 Å². The predicted molar refractivity (Wildman–Crippen MR) is 89.0 cm³/mol. The third-order valence-electron chi connectivity index (χ3n) is 4.46. The molecule has 1 aliphatic carbocycles. The van der Waals surface area contributed by atoms with Crippen molar-refractivity contribution in [2.75, 3.05) is 5.32 Å². The summed E-state index contributed by atoms with van der Waals surface area (Å²) in [6.07, 6.45) is -3.88. The SMILES string of the molecule is C[C@@H](CCc1nc(N[C@H](C)C(F)(F)F)nc(C2=CCCCC2)n1)C(F)(F)F. The zero-order chi connectivity index (χ0) is 20.2. The highest BCUT2D eigenvalue weighted by atomic mass is 19.4. The van der Waals surface area contributed by atoms with E-state index >= 15 is 0 Å². The molecule has 0 fully saturated rings. The van der Waals surface area contributed by atoms with E-state index in [0.29, 0.717) is 6.42 Å². The molecule has 0 saturated carbocycles. The number of alkyl halides is 6. The lowest BCUT2D eigenvalue weighted by atomic mass is 9.99. The zero-order valence-electron chi connectivity index (χ0n) is 15.1. The highest BCUT2D eigenvalue weighted by molar-refractivity contribution is 5.61. The van der Waals surface area contributed by atoms with Crippen molar-refractivity contribution in [1.29, 1.82) is 0 Å². The second-order valence-corrected chi connectivity index (χ2v) is 6.76. The Balaban J connectivity index is 2.26. The minimum atomic E-state index is -4.50. The van der Waals surface area contributed by atoms with Crippen molar-refractivity contribution in [3.05, 3.63) is 17.7 Å². The number of allylic oxidation sites excluding steroid dienone is 2. The van der Waals surface area contributed by atoms with Crippen LogP contribution in [0, 0.1) is 5.92 Å². The van der Waals surface area contributed by atoms with E-state index in [0.717, 1.165) is 38.7 Å². The molecule has 0 aromatic carbocycles. The summed E-state index contributed by atoms with van der Waals surface area (Å²) >= 11 is 0. The number of anilines is 1. The number of nitrogens with zero attached hydrogens (tertiary/aromatic N) is 3. The van der Waals surface area contributed by atoms with Crippen LogP contribution in [0.25, 0.3) is 5.57 Å². The van der Waals surface area contributed by atoms with Crippen molar-refractivity contribution in [2.24, 2.45) is 5.92 Å². The number of rotatable bonds is 6. The fourth-order valence-electron chi connectivity index (χ4n) is 2.57. The largest absolute Gasteiger partial charge is 0.408 e. The van der Waals surface area contributed by atoms with Crippen LogP contribution in [0.3, 0.4) is 0 Å². The Hall–Kier alpha value is -1.87. The lowest BCUT2D eigenvalue weighted by molar-refractivity contribution is -0.171. The normalized spacial score (nSPS) is 18.0. The summed E-state index contributed by atoms with van der Waals surface area (Å²) in [5, 5.41) is 2.18. The molecule has 10 heteroatoms. The number of halogens is 6. The molecule has 1 N–H and O–H groups in total. The quantitative estimate of drug-likeness (QED) is 0.661. The van der Waals surface area contributed by atoms with Gasteiger partial charge < -0.3 is 5.32 Å². The van der Waals surface area contributed by atoms with Crippen LogP contribution in [0.2, 0.25) is 0 Å². The Labute approximate surface area is 153 Å². The van der Waals surface area contributed by atoms with E-state index < -0.39 is 24.3 Å². The van der Waals surface area contributed by atoms with Gasteiger partial charge in [-0.2, -0.15) is 36.3 Å². The number of aryl methyl sites for hydroxylation is 1. The van der Waals surface area contributed by atoms with Crippen LogP contribution in [-0.2, 0) is 6.42 Å². The number of hydrogen-bond acceptors (Lipinski definition) is 4. The van der Waals surface area contributed by atoms with E-state index in [1.54, 1.807) is 0 Å². The lowest BCUT2D eigenvalue weighted by Crippen LogP contribution is -2.34. The van der Waals surface area contributed by atoms with Crippen LogP contribution >= 0.6 is 0 Å². The summed E-state index contributed by atoms with van der Waals surface area (Å²) in [6.45, 7) is 1.98. The van der Waals surface area contributed by atoms with Gasteiger partial charge in [0.05, 0.1) is 5.92 Å². The second kappa shape index (κ2) is 8.43. The van der Waals surface area contributed by atoms with Crippen LogP contribution in [0.1, 0.15) is 57.6 Å². The van der Waals surface area contributed by atoms with Crippen molar-refractivity contribution in [2.45, 2.75) is 70.8 Å². The summed E-state index contributed by atoms with van der Waals surface area (Å²) in [5.41, 5.74) is 0.788. The standard InChI is InChI=1S/C17H22F6N4/c1-10(16(18,19)20)8-9-13-25-14(12-6-4-3-5-7-12)27-15(26-13)24-11(2)17(21,22)23/h6,10-11H,3-5,7-9H2,1-2H3,(H,24,25,26,27)/t10-,11+/m0/s1. The van der Waals surface area contributed by atoms with Crippen molar-refractivity contribution in [3.8, 4) is 0 Å². The van der Waals surface area contributed by atoms with Crippen LogP contribution in [0.5, 0.6) is 0 Å². The van der Waals surface area contributed by atoms with Gasteiger partial charge in [0, 0.05) is 6.42 Å². The molecule has 2 atom stereocenters. The number of aromatic nitrogens is 3. The monoisotopic (exact) mass is 396 g/mol. The first-order valence-electron chi connectivity index (χ1n) is 8.81. The zero-order valence-corrected chi connectivity index (χ0v) is 15.1. The molecule has 0 saturated heterocycles. The van der Waals surface area contributed by atoms with E-state index in [4.69, 9.17) is 0 Å². The first-order valence-corrected chi connectivity index (χ1v) is 8.81. The molecule has 0 aliphatic heterocycles. The fraction of sp³-hybridized carbons (Fsp3) is 0.706. The maximum Gasteiger partial charge on any atom is 0.408 e. The molecule has 152 valence electrons. The first-order chi connectivity index (χ1) is 12.5. The average molecular weight is 396 g/mol. The van der Waals surface area contributed by atoms with Gasteiger partial charge in [-0.15, -0.1) is 0 Å². The summed E-state index contributed by atoms with van der Waals surface area (Å²) in [5.74, 6) is -1.54. The second-order valence-electron chi connectivity index (χ2n) is 6.76. The van der Waals surface area contributed by atoms with Crippen molar-refractivity contribution >= 4 is 11.5 Å². The maximum atomic E-state index is 12.8. The molecular weight excluding hydrogens is 374 g/mol. The molecule has 0 bridgehead atoms. The molecule has 1 aromatic heterocycles. The molecule has 1 heterocycles. The Bertz CT molecular complexity index is 668. The summed E-state index contributed by atoms with van der Waals surface area (Å²) in [7, 11) is 0. The Morgan fingerprint density at radius 3 is 2.26 bits per heavy atom.